The first-order chi connectivity index (χ1) is 15.6. The maximum absolute atomic E-state index is 12.7. The van der Waals surface area contributed by atoms with Crippen LogP contribution in [0.15, 0.2) is 72.8 Å². The summed E-state index contributed by atoms with van der Waals surface area (Å²) in [5.41, 5.74) is 2.88. The van der Waals surface area contributed by atoms with Gasteiger partial charge in [0.2, 0.25) is 5.91 Å². The number of nitrogens with one attached hydrogen (secondary N) is 1. The van der Waals surface area contributed by atoms with Crippen LogP contribution in [0.3, 0.4) is 0 Å². The molecule has 1 N–H and O–H groups in total. The summed E-state index contributed by atoms with van der Waals surface area (Å²) < 4.78 is 11.0. The van der Waals surface area contributed by atoms with Gasteiger partial charge in [-0.25, -0.2) is 0 Å². The summed E-state index contributed by atoms with van der Waals surface area (Å²) in [5, 5.41) is 2.74. The molecule has 1 atom stereocenters. The van der Waals surface area contributed by atoms with E-state index in [1.165, 1.54) is 7.11 Å². The predicted molar refractivity (Wildman–Crippen MR) is 128 cm³/mol. The molecule has 0 spiro atoms. The van der Waals surface area contributed by atoms with E-state index in [1.54, 1.807) is 34.9 Å². The number of methoxy groups -OCH3 is 1. The number of rotatable bonds is 7. The zero-order valence-corrected chi connectivity index (χ0v) is 18.7. The van der Waals surface area contributed by atoms with Crippen molar-refractivity contribution < 1.29 is 19.1 Å². The van der Waals surface area contributed by atoms with Crippen LogP contribution in [0.5, 0.6) is 11.5 Å². The lowest BCUT2D eigenvalue weighted by molar-refractivity contribution is -0.115. The van der Waals surface area contributed by atoms with Gasteiger partial charge in [0, 0.05) is 5.69 Å². The summed E-state index contributed by atoms with van der Waals surface area (Å²) in [5.74, 6) is 1.41. The summed E-state index contributed by atoms with van der Waals surface area (Å²) in [7, 11) is 1.54. The minimum Gasteiger partial charge on any atom is -0.496 e. The number of carbonyl (C=O) groups is 2. The van der Waals surface area contributed by atoms with E-state index in [4.69, 9.17) is 9.47 Å². The van der Waals surface area contributed by atoms with E-state index in [0.29, 0.717) is 35.1 Å². The second-order valence-corrected chi connectivity index (χ2v) is 8.17. The average molecular weight is 449 g/mol. The van der Waals surface area contributed by atoms with Gasteiger partial charge in [0.15, 0.2) is 0 Å². The van der Waals surface area contributed by atoms with Crippen molar-refractivity contribution in [3.8, 4) is 11.5 Å². The quantitative estimate of drug-likeness (QED) is 0.543. The van der Waals surface area contributed by atoms with Crippen LogP contribution in [-0.2, 0) is 4.79 Å². The lowest BCUT2D eigenvalue weighted by Gasteiger charge is -2.26. The number of anilines is 2. The highest BCUT2D eigenvalue weighted by molar-refractivity contribution is 8.00. The summed E-state index contributed by atoms with van der Waals surface area (Å²) in [6, 6.07) is 22.2. The van der Waals surface area contributed by atoms with Gasteiger partial charge in [-0.15, -0.1) is 11.8 Å². The van der Waals surface area contributed by atoms with Gasteiger partial charge in [-0.2, -0.15) is 0 Å². The molecule has 1 heterocycles. The van der Waals surface area contributed by atoms with Gasteiger partial charge in [0.05, 0.1) is 30.7 Å². The van der Waals surface area contributed by atoms with Crippen LogP contribution in [0, 0.1) is 0 Å². The molecule has 1 aliphatic rings. The third kappa shape index (κ3) is 4.43. The third-order valence-corrected chi connectivity index (χ3v) is 6.31. The van der Waals surface area contributed by atoms with Crippen LogP contribution in [0.2, 0.25) is 0 Å². The van der Waals surface area contributed by atoms with E-state index in [-0.39, 0.29) is 17.2 Å². The Morgan fingerprint density at radius 3 is 2.44 bits per heavy atom. The van der Waals surface area contributed by atoms with Gasteiger partial charge in [0.25, 0.3) is 5.91 Å². The van der Waals surface area contributed by atoms with Crippen molar-refractivity contribution in [3.63, 3.8) is 0 Å². The zero-order valence-electron chi connectivity index (χ0n) is 17.9. The Hall–Kier alpha value is -3.45. The fourth-order valence-electron chi connectivity index (χ4n) is 3.63. The maximum atomic E-state index is 12.7. The minimum atomic E-state index is -0.243. The smallest absolute Gasteiger partial charge is 0.259 e. The van der Waals surface area contributed by atoms with Gasteiger partial charge in [-0.3, -0.25) is 14.5 Å². The number of ether oxygens (including phenoxy) is 2. The molecule has 0 aliphatic carbocycles. The molecule has 6 nitrogen and oxygen atoms in total. The summed E-state index contributed by atoms with van der Waals surface area (Å²) in [6.45, 7) is 2.45. The number of benzene rings is 3. The molecule has 164 valence electrons. The van der Waals surface area contributed by atoms with Crippen molar-refractivity contribution in [2.24, 2.45) is 0 Å². The number of carbonyl (C=O) groups excluding carboxylic acids is 2. The molecule has 4 rings (SSSR count). The Balaban J connectivity index is 1.54. The molecule has 7 heteroatoms. The standard InChI is InChI=1S/C25H24N2O4S/c1-3-31-22-11-7-5-9-20(22)27-23(28)16-32-25(27)17-12-14-18(15-13-17)26-24(29)19-8-4-6-10-21(19)30-2/h4-15,25H,3,16H2,1-2H3,(H,26,29). The highest BCUT2D eigenvalue weighted by Crippen LogP contribution is 2.44. The van der Waals surface area contributed by atoms with Crippen LogP contribution in [0.4, 0.5) is 11.4 Å². The van der Waals surface area contributed by atoms with Crippen LogP contribution in [0.1, 0.15) is 28.2 Å². The summed E-state index contributed by atoms with van der Waals surface area (Å²) >= 11 is 1.57. The van der Waals surface area contributed by atoms with E-state index in [2.05, 4.69) is 5.32 Å². The number of hydrogen-bond donors (Lipinski definition) is 1. The van der Waals surface area contributed by atoms with Crippen molar-refractivity contribution in [1.82, 2.24) is 0 Å². The van der Waals surface area contributed by atoms with E-state index in [1.807, 2.05) is 61.5 Å². The highest BCUT2D eigenvalue weighted by atomic mass is 32.2. The van der Waals surface area contributed by atoms with E-state index >= 15 is 0 Å². The van der Waals surface area contributed by atoms with Crippen LogP contribution in [0.25, 0.3) is 0 Å². The molecule has 2 amide bonds. The number of hydrogen-bond acceptors (Lipinski definition) is 5. The Morgan fingerprint density at radius 1 is 1.03 bits per heavy atom. The zero-order chi connectivity index (χ0) is 22.5. The second kappa shape index (κ2) is 9.78. The Bertz CT molecular complexity index is 1120. The summed E-state index contributed by atoms with van der Waals surface area (Å²) in [6.07, 6.45) is 0. The molecule has 0 saturated carbocycles. The molecule has 3 aromatic rings. The molecule has 1 fully saturated rings. The minimum absolute atomic E-state index is 0.0423. The topological polar surface area (TPSA) is 67.9 Å². The molecular weight excluding hydrogens is 424 g/mol. The number of para-hydroxylation sites is 3. The lowest BCUT2D eigenvalue weighted by Crippen LogP contribution is -2.28. The van der Waals surface area contributed by atoms with Crippen molar-refractivity contribution in [2.75, 3.05) is 29.7 Å². The van der Waals surface area contributed by atoms with Crippen molar-refractivity contribution in [3.05, 3.63) is 83.9 Å². The van der Waals surface area contributed by atoms with Crippen molar-refractivity contribution >= 4 is 35.0 Å². The molecule has 3 aromatic carbocycles. The fraction of sp³-hybridized carbons (Fsp3) is 0.200. The SMILES string of the molecule is CCOc1ccccc1N1C(=O)CSC1c1ccc(NC(=O)c2ccccc2OC)cc1. The van der Waals surface area contributed by atoms with Crippen LogP contribution < -0.4 is 19.7 Å². The van der Waals surface area contributed by atoms with Gasteiger partial charge in [-0.1, -0.05) is 36.4 Å². The molecule has 1 saturated heterocycles. The molecule has 0 radical (unpaired) electrons. The van der Waals surface area contributed by atoms with Gasteiger partial charge >= 0.3 is 0 Å². The van der Waals surface area contributed by atoms with Crippen molar-refractivity contribution in [2.45, 2.75) is 12.3 Å². The van der Waals surface area contributed by atoms with E-state index < -0.39 is 0 Å². The molecule has 0 aromatic heterocycles. The predicted octanol–water partition coefficient (Wildman–Crippen LogP) is 5.12. The largest absolute Gasteiger partial charge is 0.496 e. The Morgan fingerprint density at radius 2 is 1.72 bits per heavy atom. The van der Waals surface area contributed by atoms with E-state index in [9.17, 15) is 9.59 Å². The van der Waals surface area contributed by atoms with Crippen LogP contribution in [-0.4, -0.2) is 31.3 Å². The van der Waals surface area contributed by atoms with Gasteiger partial charge in [0.1, 0.15) is 16.9 Å². The Labute approximate surface area is 191 Å². The average Bonchev–Trinajstić information content (AvgIpc) is 3.21. The number of nitrogens with zero attached hydrogens (tertiary/aromatic N) is 1. The monoisotopic (exact) mass is 448 g/mol. The van der Waals surface area contributed by atoms with E-state index in [0.717, 1.165) is 11.3 Å². The molecule has 0 bridgehead atoms. The number of thioether (sulfide) groups is 1. The van der Waals surface area contributed by atoms with Crippen molar-refractivity contribution in [1.29, 1.82) is 0 Å². The van der Waals surface area contributed by atoms with Crippen LogP contribution >= 0.6 is 11.8 Å². The normalized spacial score (nSPS) is 15.5. The first kappa shape index (κ1) is 21.8. The maximum Gasteiger partial charge on any atom is 0.259 e. The summed E-state index contributed by atoms with van der Waals surface area (Å²) in [4.78, 5) is 27.2. The molecule has 32 heavy (non-hydrogen) atoms. The second-order valence-electron chi connectivity index (χ2n) is 7.10. The molecular formula is C25H24N2O4S. The van der Waals surface area contributed by atoms with Gasteiger partial charge < -0.3 is 14.8 Å². The molecule has 1 unspecified atom stereocenters. The third-order valence-electron chi connectivity index (χ3n) is 5.10. The highest BCUT2D eigenvalue weighted by Gasteiger charge is 2.35. The molecule has 1 aliphatic heterocycles. The Kier molecular flexibility index (Phi) is 6.66. The lowest BCUT2D eigenvalue weighted by atomic mass is 10.1. The number of amides is 2. The first-order valence-electron chi connectivity index (χ1n) is 10.3. The first-order valence-corrected chi connectivity index (χ1v) is 11.4. The van der Waals surface area contributed by atoms with Gasteiger partial charge in [-0.05, 0) is 48.9 Å². The fourth-order valence-corrected chi connectivity index (χ4v) is 4.80.